The Hall–Kier alpha value is -3.93. The van der Waals surface area contributed by atoms with Gasteiger partial charge in [0.25, 0.3) is 0 Å². The summed E-state index contributed by atoms with van der Waals surface area (Å²) in [6.07, 6.45) is 0.303. The molecule has 0 aliphatic heterocycles. The van der Waals surface area contributed by atoms with Crippen molar-refractivity contribution >= 4 is 29.7 Å². The molecule has 0 aliphatic carbocycles. The van der Waals surface area contributed by atoms with Gasteiger partial charge in [-0.15, -0.1) is 0 Å². The molecular formula is C23H20N2O4. The highest BCUT2D eigenvalue weighted by molar-refractivity contribution is 5.92. The Morgan fingerprint density at radius 1 is 0.897 bits per heavy atom. The second-order valence-corrected chi connectivity index (χ2v) is 6.46. The van der Waals surface area contributed by atoms with Crippen LogP contribution < -0.4 is 10.6 Å². The van der Waals surface area contributed by atoms with Gasteiger partial charge in [-0.25, -0.2) is 4.79 Å². The lowest BCUT2D eigenvalue weighted by Gasteiger charge is -2.12. The lowest BCUT2D eigenvalue weighted by Crippen LogP contribution is -2.13. The van der Waals surface area contributed by atoms with E-state index in [1.54, 1.807) is 30.3 Å². The highest BCUT2D eigenvalue weighted by Crippen LogP contribution is 2.29. The third-order valence-electron chi connectivity index (χ3n) is 4.38. The molecule has 146 valence electrons. The van der Waals surface area contributed by atoms with Gasteiger partial charge >= 0.3 is 6.09 Å². The van der Waals surface area contributed by atoms with Crippen LogP contribution in [0.3, 0.4) is 0 Å². The average Bonchev–Trinajstić information content (AvgIpc) is 2.73. The number of hydrogen-bond donors (Lipinski definition) is 3. The van der Waals surface area contributed by atoms with Crippen LogP contribution in [0.1, 0.15) is 22.3 Å². The maximum atomic E-state index is 12.2. The Morgan fingerprint density at radius 3 is 2.28 bits per heavy atom. The molecule has 0 atom stereocenters. The van der Waals surface area contributed by atoms with Gasteiger partial charge in [0.2, 0.25) is 5.91 Å². The van der Waals surface area contributed by atoms with Crippen molar-refractivity contribution in [3.63, 3.8) is 0 Å². The van der Waals surface area contributed by atoms with Gasteiger partial charge < -0.3 is 10.4 Å². The number of benzene rings is 3. The van der Waals surface area contributed by atoms with E-state index in [1.807, 2.05) is 42.5 Å². The first kappa shape index (κ1) is 19.8. The molecule has 0 saturated heterocycles. The lowest BCUT2D eigenvalue weighted by atomic mass is 9.99. The van der Waals surface area contributed by atoms with E-state index in [-0.39, 0.29) is 12.3 Å². The zero-order valence-corrected chi connectivity index (χ0v) is 15.6. The van der Waals surface area contributed by atoms with Gasteiger partial charge in [-0.2, -0.15) is 0 Å². The van der Waals surface area contributed by atoms with Crippen LogP contribution in [-0.4, -0.2) is 23.4 Å². The molecule has 2 amide bonds. The van der Waals surface area contributed by atoms with Crippen molar-refractivity contribution < 1.29 is 19.5 Å². The second-order valence-electron chi connectivity index (χ2n) is 6.46. The molecule has 3 aromatic carbocycles. The smallest absolute Gasteiger partial charge is 0.409 e. The lowest BCUT2D eigenvalue weighted by molar-refractivity contribution is -0.116. The van der Waals surface area contributed by atoms with Crippen LogP contribution in [0.15, 0.2) is 72.8 Å². The molecule has 0 unspecified atom stereocenters. The Kier molecular flexibility index (Phi) is 6.37. The van der Waals surface area contributed by atoms with Gasteiger partial charge in [-0.1, -0.05) is 42.5 Å². The molecule has 0 heterocycles. The number of amides is 2. The first-order valence-electron chi connectivity index (χ1n) is 9.08. The summed E-state index contributed by atoms with van der Waals surface area (Å²) >= 11 is 0. The maximum absolute atomic E-state index is 12.2. The second kappa shape index (κ2) is 9.32. The SMILES string of the molecule is O=Cc1ccc(NC(=O)CCc2ccc(-c3ccccc3)c(NC(=O)O)c2)cc1. The standard InChI is InChI=1S/C23H20N2O4/c26-15-17-6-10-19(11-7-17)24-22(27)13-9-16-8-12-20(18-4-2-1-3-5-18)21(14-16)25-23(28)29/h1-8,10-12,14-15,25H,9,13H2,(H,24,27)(H,28,29). The number of aldehydes is 1. The first-order chi connectivity index (χ1) is 14.0. The molecule has 0 fully saturated rings. The molecule has 0 aromatic heterocycles. The van der Waals surface area contributed by atoms with Crippen LogP contribution in [0.25, 0.3) is 11.1 Å². The van der Waals surface area contributed by atoms with Crippen LogP contribution in [0.5, 0.6) is 0 Å². The van der Waals surface area contributed by atoms with Crippen LogP contribution in [0.4, 0.5) is 16.2 Å². The van der Waals surface area contributed by atoms with Crippen molar-refractivity contribution in [1.29, 1.82) is 0 Å². The van der Waals surface area contributed by atoms with E-state index in [4.69, 9.17) is 5.11 Å². The first-order valence-corrected chi connectivity index (χ1v) is 9.08. The van der Waals surface area contributed by atoms with Crippen LogP contribution in [-0.2, 0) is 11.2 Å². The predicted molar refractivity (Wildman–Crippen MR) is 112 cm³/mol. The Labute approximate surface area is 168 Å². The minimum atomic E-state index is -1.14. The number of carbonyl (C=O) groups is 3. The van der Waals surface area contributed by atoms with Crippen molar-refractivity contribution in [2.75, 3.05) is 10.6 Å². The minimum absolute atomic E-state index is 0.163. The number of carboxylic acid groups (broad SMARTS) is 1. The van der Waals surface area contributed by atoms with Gasteiger partial charge in [0, 0.05) is 23.2 Å². The zero-order valence-electron chi connectivity index (χ0n) is 15.6. The summed E-state index contributed by atoms with van der Waals surface area (Å²) in [6, 6.07) is 21.6. The van der Waals surface area contributed by atoms with E-state index in [0.717, 1.165) is 23.0 Å². The van der Waals surface area contributed by atoms with Gasteiger partial charge in [0.1, 0.15) is 6.29 Å². The van der Waals surface area contributed by atoms with E-state index in [0.29, 0.717) is 23.4 Å². The molecule has 0 radical (unpaired) electrons. The molecule has 0 saturated carbocycles. The Morgan fingerprint density at radius 2 is 1.62 bits per heavy atom. The topological polar surface area (TPSA) is 95.5 Å². The van der Waals surface area contributed by atoms with Gasteiger partial charge in [0.05, 0.1) is 5.69 Å². The number of anilines is 2. The van der Waals surface area contributed by atoms with Crippen molar-refractivity contribution in [2.24, 2.45) is 0 Å². The van der Waals surface area contributed by atoms with E-state index >= 15 is 0 Å². The summed E-state index contributed by atoms with van der Waals surface area (Å²) in [5, 5.41) is 14.4. The van der Waals surface area contributed by atoms with E-state index < -0.39 is 6.09 Å². The van der Waals surface area contributed by atoms with Crippen LogP contribution >= 0.6 is 0 Å². The quantitative estimate of drug-likeness (QED) is 0.505. The Balaban J connectivity index is 1.69. The Bertz CT molecular complexity index is 1010. The highest BCUT2D eigenvalue weighted by atomic mass is 16.4. The van der Waals surface area contributed by atoms with Crippen LogP contribution in [0.2, 0.25) is 0 Å². The largest absolute Gasteiger partial charge is 0.465 e. The fourth-order valence-electron chi connectivity index (χ4n) is 2.96. The highest BCUT2D eigenvalue weighted by Gasteiger charge is 2.10. The van der Waals surface area contributed by atoms with Gasteiger partial charge in [0.15, 0.2) is 0 Å². The van der Waals surface area contributed by atoms with Crippen molar-refractivity contribution in [3.8, 4) is 11.1 Å². The summed E-state index contributed by atoms with van der Waals surface area (Å²) in [5.41, 5.74) is 4.16. The van der Waals surface area contributed by atoms with Crippen molar-refractivity contribution in [2.45, 2.75) is 12.8 Å². The molecule has 29 heavy (non-hydrogen) atoms. The van der Waals surface area contributed by atoms with E-state index in [9.17, 15) is 14.4 Å². The van der Waals surface area contributed by atoms with Gasteiger partial charge in [-0.05, 0) is 47.9 Å². The number of nitrogens with one attached hydrogen (secondary N) is 2. The summed E-state index contributed by atoms with van der Waals surface area (Å²) < 4.78 is 0. The third-order valence-corrected chi connectivity index (χ3v) is 4.38. The molecule has 3 rings (SSSR count). The molecule has 0 bridgehead atoms. The molecule has 3 N–H and O–H groups in total. The fourth-order valence-corrected chi connectivity index (χ4v) is 2.96. The molecular weight excluding hydrogens is 368 g/mol. The number of rotatable bonds is 7. The molecule has 6 heteroatoms. The number of aryl methyl sites for hydroxylation is 1. The maximum Gasteiger partial charge on any atom is 0.409 e. The fraction of sp³-hybridized carbons (Fsp3) is 0.0870. The summed E-state index contributed by atoms with van der Waals surface area (Å²) in [4.78, 5) is 34.1. The normalized spacial score (nSPS) is 10.2. The van der Waals surface area contributed by atoms with Gasteiger partial charge in [-0.3, -0.25) is 14.9 Å². The summed E-state index contributed by atoms with van der Waals surface area (Å²) in [7, 11) is 0. The van der Waals surface area contributed by atoms with E-state index in [2.05, 4.69) is 10.6 Å². The molecule has 6 nitrogen and oxygen atoms in total. The van der Waals surface area contributed by atoms with Crippen LogP contribution in [0, 0.1) is 0 Å². The molecule has 0 spiro atoms. The average molecular weight is 388 g/mol. The third kappa shape index (κ3) is 5.52. The monoisotopic (exact) mass is 388 g/mol. The summed E-state index contributed by atoms with van der Waals surface area (Å²) in [5.74, 6) is -0.163. The van der Waals surface area contributed by atoms with Crippen molar-refractivity contribution in [3.05, 3.63) is 83.9 Å². The number of carbonyl (C=O) groups excluding carboxylic acids is 2. The summed E-state index contributed by atoms with van der Waals surface area (Å²) in [6.45, 7) is 0. The molecule has 0 aliphatic rings. The molecule has 3 aromatic rings. The van der Waals surface area contributed by atoms with E-state index in [1.165, 1.54) is 0 Å². The van der Waals surface area contributed by atoms with Crippen molar-refractivity contribution in [1.82, 2.24) is 0 Å². The predicted octanol–water partition coefficient (Wildman–Crippen LogP) is 4.83. The minimum Gasteiger partial charge on any atom is -0.465 e. The zero-order chi connectivity index (χ0) is 20.6. The number of hydrogen-bond acceptors (Lipinski definition) is 3.